The van der Waals surface area contributed by atoms with Crippen LogP contribution >= 0.6 is 0 Å². The molecule has 0 N–H and O–H groups in total. The quantitative estimate of drug-likeness (QED) is 0.518. The number of allylic oxidation sites excluding steroid dienone is 1. The van der Waals surface area contributed by atoms with Crippen molar-refractivity contribution in [2.45, 2.75) is 13.3 Å². The normalized spacial score (nSPS) is 33.3. The maximum absolute atomic E-state index is 11.7. The molecule has 1 fully saturated rings. The topological polar surface area (TPSA) is 52.6 Å². The van der Waals surface area contributed by atoms with Gasteiger partial charge < -0.3 is 9.47 Å². The van der Waals surface area contributed by atoms with E-state index in [9.17, 15) is 9.59 Å². The van der Waals surface area contributed by atoms with Gasteiger partial charge in [0.15, 0.2) is 5.78 Å². The zero-order chi connectivity index (χ0) is 11.5. The first kappa shape index (κ1) is 11.3. The van der Waals surface area contributed by atoms with Crippen LogP contribution in [-0.4, -0.2) is 31.6 Å². The Morgan fingerprint density at radius 2 is 2.44 bits per heavy atom. The van der Waals surface area contributed by atoms with E-state index in [1.54, 1.807) is 6.92 Å². The summed E-state index contributed by atoms with van der Waals surface area (Å²) < 4.78 is 10.3. The summed E-state index contributed by atoms with van der Waals surface area (Å²) in [4.78, 5) is 23.5. The number of ether oxygens (including phenoxy) is 2. The number of esters is 1. The molecule has 0 spiro atoms. The molecule has 0 aromatic carbocycles. The monoisotopic (exact) mass is 224 g/mol. The summed E-state index contributed by atoms with van der Waals surface area (Å²) in [6, 6.07) is 0. The Morgan fingerprint density at radius 1 is 1.62 bits per heavy atom. The van der Waals surface area contributed by atoms with E-state index in [0.717, 1.165) is 6.42 Å². The molecule has 1 saturated heterocycles. The van der Waals surface area contributed by atoms with E-state index in [4.69, 9.17) is 9.47 Å². The highest BCUT2D eigenvalue weighted by molar-refractivity contribution is 6.06. The van der Waals surface area contributed by atoms with Crippen LogP contribution in [0.2, 0.25) is 0 Å². The van der Waals surface area contributed by atoms with Gasteiger partial charge in [0.25, 0.3) is 0 Å². The maximum Gasteiger partial charge on any atom is 0.317 e. The van der Waals surface area contributed by atoms with Gasteiger partial charge in [-0.1, -0.05) is 6.08 Å². The lowest BCUT2D eigenvalue weighted by Crippen LogP contribution is -2.42. The Morgan fingerprint density at radius 3 is 3.19 bits per heavy atom. The summed E-state index contributed by atoms with van der Waals surface area (Å²) >= 11 is 0. The minimum absolute atomic E-state index is 0.0605. The van der Waals surface area contributed by atoms with E-state index in [-0.39, 0.29) is 23.6 Å². The SMILES string of the molecule is CCOC(=O)[C@H]1C(=O)C=C[C@H]2COCC[C@H]12. The zero-order valence-electron chi connectivity index (χ0n) is 9.35. The van der Waals surface area contributed by atoms with Crippen LogP contribution in [0.4, 0.5) is 0 Å². The Bertz CT molecular complexity index is 321. The summed E-state index contributed by atoms with van der Waals surface area (Å²) in [7, 11) is 0. The zero-order valence-corrected chi connectivity index (χ0v) is 9.35. The number of rotatable bonds is 2. The number of hydrogen-bond acceptors (Lipinski definition) is 4. The number of carbonyl (C=O) groups excluding carboxylic acids is 2. The van der Waals surface area contributed by atoms with Crippen LogP contribution in [-0.2, 0) is 19.1 Å². The molecule has 0 amide bonds. The third-order valence-corrected chi connectivity index (χ3v) is 3.24. The molecule has 88 valence electrons. The van der Waals surface area contributed by atoms with E-state index in [0.29, 0.717) is 19.8 Å². The molecule has 0 unspecified atom stereocenters. The minimum Gasteiger partial charge on any atom is -0.465 e. The van der Waals surface area contributed by atoms with Crippen molar-refractivity contribution in [1.82, 2.24) is 0 Å². The van der Waals surface area contributed by atoms with Gasteiger partial charge in [0.05, 0.1) is 13.2 Å². The fourth-order valence-electron chi connectivity index (χ4n) is 2.44. The highest BCUT2D eigenvalue weighted by Gasteiger charge is 2.42. The first-order valence-corrected chi connectivity index (χ1v) is 5.70. The van der Waals surface area contributed by atoms with E-state index < -0.39 is 5.92 Å². The summed E-state index contributed by atoms with van der Waals surface area (Å²) in [5.74, 6) is -0.875. The molecule has 3 atom stereocenters. The average molecular weight is 224 g/mol. The van der Waals surface area contributed by atoms with Crippen LogP contribution in [0.25, 0.3) is 0 Å². The van der Waals surface area contributed by atoms with Crippen molar-refractivity contribution in [3.8, 4) is 0 Å². The Hall–Kier alpha value is -1.16. The molecule has 1 aliphatic carbocycles. The predicted molar refractivity (Wildman–Crippen MR) is 56.7 cm³/mol. The number of carbonyl (C=O) groups is 2. The van der Waals surface area contributed by atoms with Crippen molar-refractivity contribution in [2.75, 3.05) is 19.8 Å². The summed E-state index contributed by atoms with van der Waals surface area (Å²) in [6.45, 7) is 3.30. The number of fused-ring (bicyclic) bond motifs is 1. The fourth-order valence-corrected chi connectivity index (χ4v) is 2.44. The summed E-state index contributed by atoms with van der Waals surface area (Å²) in [6.07, 6.45) is 4.11. The molecule has 1 aliphatic heterocycles. The van der Waals surface area contributed by atoms with Gasteiger partial charge in [-0.3, -0.25) is 9.59 Å². The molecule has 0 radical (unpaired) electrons. The van der Waals surface area contributed by atoms with Gasteiger partial charge >= 0.3 is 5.97 Å². The van der Waals surface area contributed by atoms with E-state index in [1.165, 1.54) is 6.08 Å². The van der Waals surface area contributed by atoms with Gasteiger partial charge in [0.2, 0.25) is 0 Å². The average Bonchev–Trinajstić information content (AvgIpc) is 2.29. The highest BCUT2D eigenvalue weighted by Crippen LogP contribution is 2.34. The molecule has 2 rings (SSSR count). The van der Waals surface area contributed by atoms with Crippen molar-refractivity contribution >= 4 is 11.8 Å². The summed E-state index contributed by atoms with van der Waals surface area (Å²) in [5, 5.41) is 0. The molecule has 1 heterocycles. The molecular formula is C12H16O4. The third-order valence-electron chi connectivity index (χ3n) is 3.24. The fraction of sp³-hybridized carbons (Fsp3) is 0.667. The molecule has 0 bridgehead atoms. The second-order valence-corrected chi connectivity index (χ2v) is 4.18. The Kier molecular flexibility index (Phi) is 3.39. The second kappa shape index (κ2) is 4.78. The Labute approximate surface area is 94.6 Å². The van der Waals surface area contributed by atoms with Gasteiger partial charge in [-0.2, -0.15) is 0 Å². The number of ketones is 1. The van der Waals surface area contributed by atoms with Crippen molar-refractivity contribution in [3.63, 3.8) is 0 Å². The van der Waals surface area contributed by atoms with Crippen LogP contribution in [0, 0.1) is 17.8 Å². The standard InChI is InChI=1S/C12H16O4/c1-2-16-12(14)11-9-5-6-15-7-8(9)3-4-10(11)13/h3-4,8-9,11H,2,5-7H2,1H3/t8-,9-,11+/m0/s1. The largest absolute Gasteiger partial charge is 0.465 e. The molecule has 2 aliphatic rings. The molecule has 0 aromatic heterocycles. The van der Waals surface area contributed by atoms with Crippen molar-refractivity contribution in [3.05, 3.63) is 12.2 Å². The second-order valence-electron chi connectivity index (χ2n) is 4.18. The van der Waals surface area contributed by atoms with Gasteiger partial charge in [0, 0.05) is 12.5 Å². The van der Waals surface area contributed by atoms with Crippen LogP contribution in [0.3, 0.4) is 0 Å². The van der Waals surface area contributed by atoms with E-state index in [2.05, 4.69) is 0 Å². The maximum atomic E-state index is 11.7. The van der Waals surface area contributed by atoms with Gasteiger partial charge in [-0.25, -0.2) is 0 Å². The smallest absolute Gasteiger partial charge is 0.317 e. The van der Waals surface area contributed by atoms with Crippen LogP contribution in [0.5, 0.6) is 0 Å². The third kappa shape index (κ3) is 2.02. The first-order chi connectivity index (χ1) is 7.74. The minimum atomic E-state index is -0.612. The van der Waals surface area contributed by atoms with Crippen LogP contribution in [0.1, 0.15) is 13.3 Å². The van der Waals surface area contributed by atoms with Gasteiger partial charge in [-0.05, 0) is 25.3 Å². The Balaban J connectivity index is 2.17. The van der Waals surface area contributed by atoms with E-state index >= 15 is 0 Å². The number of hydrogen-bond donors (Lipinski definition) is 0. The van der Waals surface area contributed by atoms with Gasteiger partial charge in [0.1, 0.15) is 5.92 Å². The molecule has 4 nitrogen and oxygen atoms in total. The van der Waals surface area contributed by atoms with Crippen molar-refractivity contribution in [2.24, 2.45) is 17.8 Å². The van der Waals surface area contributed by atoms with Crippen LogP contribution in [0.15, 0.2) is 12.2 Å². The van der Waals surface area contributed by atoms with Crippen molar-refractivity contribution < 1.29 is 19.1 Å². The van der Waals surface area contributed by atoms with Gasteiger partial charge in [-0.15, -0.1) is 0 Å². The van der Waals surface area contributed by atoms with E-state index in [1.807, 2.05) is 6.08 Å². The lowest BCUT2D eigenvalue weighted by atomic mass is 9.73. The lowest BCUT2D eigenvalue weighted by molar-refractivity contribution is -0.155. The molecule has 4 heteroatoms. The molecule has 0 aromatic rings. The molecule has 0 saturated carbocycles. The molecular weight excluding hydrogens is 208 g/mol. The summed E-state index contributed by atoms with van der Waals surface area (Å²) in [5.41, 5.74) is 0. The highest BCUT2D eigenvalue weighted by atomic mass is 16.5. The molecule has 16 heavy (non-hydrogen) atoms. The predicted octanol–water partition coefficient (Wildman–Crippen LogP) is 0.957. The van der Waals surface area contributed by atoms with Crippen molar-refractivity contribution in [1.29, 1.82) is 0 Å². The van der Waals surface area contributed by atoms with Crippen LogP contribution < -0.4 is 0 Å². The first-order valence-electron chi connectivity index (χ1n) is 5.70. The lowest BCUT2D eigenvalue weighted by Gasteiger charge is -2.35.